The van der Waals surface area contributed by atoms with Gasteiger partial charge in [-0.25, -0.2) is 0 Å². The minimum absolute atomic E-state index is 0.163. The molecular weight excluding hydrogens is 230 g/mol. The van der Waals surface area contributed by atoms with E-state index in [1.807, 2.05) is 0 Å². The van der Waals surface area contributed by atoms with Crippen molar-refractivity contribution in [3.63, 3.8) is 0 Å². The maximum Gasteiger partial charge on any atom is 0.0897 e. The van der Waals surface area contributed by atoms with Crippen LogP contribution in [0.2, 0.25) is 0 Å². The van der Waals surface area contributed by atoms with Gasteiger partial charge in [-0.2, -0.15) is 0 Å². The molecule has 4 heteroatoms. The average molecular weight is 259 g/mol. The average Bonchev–Trinajstić information content (AvgIpc) is 2.37. The first kappa shape index (κ1) is 15.9. The SMILES string of the molecule is CCCCOCC(O)CNCC1CCCCC1O. The van der Waals surface area contributed by atoms with Crippen molar-refractivity contribution in [2.75, 3.05) is 26.3 Å². The molecule has 3 atom stereocenters. The van der Waals surface area contributed by atoms with Gasteiger partial charge in [0.15, 0.2) is 0 Å². The van der Waals surface area contributed by atoms with E-state index in [0.29, 0.717) is 19.1 Å². The molecule has 1 fully saturated rings. The molecule has 1 aliphatic rings. The largest absolute Gasteiger partial charge is 0.393 e. The molecule has 108 valence electrons. The van der Waals surface area contributed by atoms with Gasteiger partial charge in [-0.3, -0.25) is 0 Å². The molecule has 0 amide bonds. The normalized spacial score (nSPS) is 26.2. The van der Waals surface area contributed by atoms with Crippen molar-refractivity contribution < 1.29 is 14.9 Å². The van der Waals surface area contributed by atoms with Crippen molar-refractivity contribution in [3.05, 3.63) is 0 Å². The highest BCUT2D eigenvalue weighted by Crippen LogP contribution is 2.23. The van der Waals surface area contributed by atoms with Crippen LogP contribution in [0.1, 0.15) is 45.4 Å². The van der Waals surface area contributed by atoms with Gasteiger partial charge >= 0.3 is 0 Å². The summed E-state index contributed by atoms with van der Waals surface area (Å²) in [5.74, 6) is 0.354. The van der Waals surface area contributed by atoms with Crippen LogP contribution in [0.25, 0.3) is 0 Å². The number of hydrogen-bond donors (Lipinski definition) is 3. The topological polar surface area (TPSA) is 61.7 Å². The van der Waals surface area contributed by atoms with E-state index < -0.39 is 6.10 Å². The van der Waals surface area contributed by atoms with E-state index in [0.717, 1.165) is 45.3 Å². The van der Waals surface area contributed by atoms with Crippen LogP contribution in [0.3, 0.4) is 0 Å². The summed E-state index contributed by atoms with van der Waals surface area (Å²) in [6.07, 6.45) is 5.94. The van der Waals surface area contributed by atoms with E-state index >= 15 is 0 Å². The quantitative estimate of drug-likeness (QED) is 0.546. The van der Waals surface area contributed by atoms with Crippen molar-refractivity contribution in [2.24, 2.45) is 5.92 Å². The Labute approximate surface area is 111 Å². The zero-order valence-electron chi connectivity index (χ0n) is 11.6. The Morgan fingerprint density at radius 1 is 1.33 bits per heavy atom. The monoisotopic (exact) mass is 259 g/mol. The predicted octanol–water partition coefficient (Wildman–Crippen LogP) is 1.30. The first-order valence-electron chi connectivity index (χ1n) is 7.38. The summed E-state index contributed by atoms with van der Waals surface area (Å²) < 4.78 is 5.36. The molecule has 3 N–H and O–H groups in total. The summed E-state index contributed by atoms with van der Waals surface area (Å²) in [5.41, 5.74) is 0. The number of ether oxygens (including phenoxy) is 1. The minimum Gasteiger partial charge on any atom is -0.393 e. The fraction of sp³-hybridized carbons (Fsp3) is 1.00. The van der Waals surface area contributed by atoms with Crippen molar-refractivity contribution in [1.29, 1.82) is 0 Å². The van der Waals surface area contributed by atoms with Crippen molar-refractivity contribution in [2.45, 2.75) is 57.7 Å². The molecule has 4 nitrogen and oxygen atoms in total. The molecule has 0 radical (unpaired) electrons. The van der Waals surface area contributed by atoms with Crippen molar-refractivity contribution in [3.8, 4) is 0 Å². The molecule has 3 unspecified atom stereocenters. The third kappa shape index (κ3) is 6.69. The van der Waals surface area contributed by atoms with Crippen molar-refractivity contribution >= 4 is 0 Å². The highest BCUT2D eigenvalue weighted by molar-refractivity contribution is 4.76. The minimum atomic E-state index is -0.442. The van der Waals surface area contributed by atoms with E-state index in [4.69, 9.17) is 4.74 Å². The van der Waals surface area contributed by atoms with Gasteiger partial charge in [0, 0.05) is 19.7 Å². The molecule has 0 aromatic heterocycles. The lowest BCUT2D eigenvalue weighted by molar-refractivity contribution is 0.0315. The van der Waals surface area contributed by atoms with E-state index in [-0.39, 0.29) is 6.10 Å². The molecule has 0 saturated heterocycles. The van der Waals surface area contributed by atoms with Crippen LogP contribution in [0.5, 0.6) is 0 Å². The number of aliphatic hydroxyl groups is 2. The Morgan fingerprint density at radius 2 is 2.11 bits per heavy atom. The molecule has 0 bridgehead atoms. The van der Waals surface area contributed by atoms with Crippen LogP contribution in [-0.4, -0.2) is 48.7 Å². The lowest BCUT2D eigenvalue weighted by atomic mass is 9.86. The van der Waals surface area contributed by atoms with Gasteiger partial charge in [0.1, 0.15) is 0 Å². The maximum atomic E-state index is 9.81. The molecule has 0 aliphatic heterocycles. The summed E-state index contributed by atoms with van der Waals surface area (Å²) in [4.78, 5) is 0. The van der Waals surface area contributed by atoms with E-state index in [1.165, 1.54) is 6.42 Å². The number of hydrogen-bond acceptors (Lipinski definition) is 4. The maximum absolute atomic E-state index is 9.81. The Hall–Kier alpha value is -0.160. The zero-order chi connectivity index (χ0) is 13.2. The number of rotatable bonds is 9. The third-order valence-corrected chi connectivity index (χ3v) is 3.61. The lowest BCUT2D eigenvalue weighted by Gasteiger charge is -2.28. The van der Waals surface area contributed by atoms with Crippen LogP contribution in [0.15, 0.2) is 0 Å². The molecule has 0 aromatic carbocycles. The van der Waals surface area contributed by atoms with Crippen LogP contribution < -0.4 is 5.32 Å². The number of unbranched alkanes of at least 4 members (excludes halogenated alkanes) is 1. The fourth-order valence-electron chi connectivity index (χ4n) is 2.39. The Kier molecular flexibility index (Phi) is 8.59. The molecule has 1 saturated carbocycles. The van der Waals surface area contributed by atoms with Gasteiger partial charge in [-0.05, 0) is 25.2 Å². The second kappa shape index (κ2) is 9.73. The second-order valence-corrected chi connectivity index (χ2v) is 5.35. The van der Waals surface area contributed by atoms with E-state index in [9.17, 15) is 10.2 Å². The van der Waals surface area contributed by atoms with Crippen LogP contribution in [-0.2, 0) is 4.74 Å². The van der Waals surface area contributed by atoms with Crippen molar-refractivity contribution in [1.82, 2.24) is 5.32 Å². The summed E-state index contributed by atoms with van der Waals surface area (Å²) in [7, 11) is 0. The molecular formula is C14H29NO3. The van der Waals surface area contributed by atoms with Gasteiger partial charge in [0.05, 0.1) is 18.8 Å². The Morgan fingerprint density at radius 3 is 2.83 bits per heavy atom. The second-order valence-electron chi connectivity index (χ2n) is 5.35. The summed E-state index contributed by atoms with van der Waals surface area (Å²) in [5, 5.41) is 22.7. The van der Waals surface area contributed by atoms with Gasteiger partial charge in [0.2, 0.25) is 0 Å². The van der Waals surface area contributed by atoms with Crippen LogP contribution in [0.4, 0.5) is 0 Å². The van der Waals surface area contributed by atoms with E-state index in [2.05, 4.69) is 12.2 Å². The first-order valence-corrected chi connectivity index (χ1v) is 7.38. The zero-order valence-corrected chi connectivity index (χ0v) is 11.6. The molecule has 0 heterocycles. The van der Waals surface area contributed by atoms with Gasteiger partial charge < -0.3 is 20.3 Å². The van der Waals surface area contributed by atoms with Crippen LogP contribution in [0, 0.1) is 5.92 Å². The van der Waals surface area contributed by atoms with Gasteiger partial charge in [0.25, 0.3) is 0 Å². The molecule has 0 spiro atoms. The fourth-order valence-corrected chi connectivity index (χ4v) is 2.39. The number of aliphatic hydroxyl groups excluding tert-OH is 2. The highest BCUT2D eigenvalue weighted by Gasteiger charge is 2.22. The summed E-state index contributed by atoms with van der Waals surface area (Å²) >= 11 is 0. The third-order valence-electron chi connectivity index (χ3n) is 3.61. The van der Waals surface area contributed by atoms with Gasteiger partial charge in [-0.15, -0.1) is 0 Å². The molecule has 18 heavy (non-hydrogen) atoms. The standard InChI is InChI=1S/C14H29NO3/c1-2-3-8-18-11-13(16)10-15-9-12-6-4-5-7-14(12)17/h12-17H,2-11H2,1H3. The van der Waals surface area contributed by atoms with Gasteiger partial charge in [-0.1, -0.05) is 26.2 Å². The van der Waals surface area contributed by atoms with E-state index in [1.54, 1.807) is 0 Å². The number of nitrogens with one attached hydrogen (secondary N) is 1. The first-order chi connectivity index (χ1) is 8.74. The molecule has 0 aromatic rings. The Bertz CT molecular complexity index is 201. The smallest absolute Gasteiger partial charge is 0.0897 e. The lowest BCUT2D eigenvalue weighted by Crippen LogP contribution is -2.38. The Balaban J connectivity index is 1.98. The predicted molar refractivity (Wildman–Crippen MR) is 72.6 cm³/mol. The summed E-state index contributed by atoms with van der Waals surface area (Å²) in [6, 6.07) is 0. The summed E-state index contributed by atoms with van der Waals surface area (Å²) in [6.45, 7) is 4.61. The molecule has 1 rings (SSSR count). The molecule has 1 aliphatic carbocycles. The highest BCUT2D eigenvalue weighted by atomic mass is 16.5. The van der Waals surface area contributed by atoms with Crippen LogP contribution >= 0.6 is 0 Å².